The van der Waals surface area contributed by atoms with Gasteiger partial charge in [-0.05, 0) is 38.8 Å². The number of likely N-dealkylation sites (N-methyl/N-ethyl adjacent to an activating group) is 2. The molecule has 0 aromatic carbocycles. The zero-order valence-corrected chi connectivity index (χ0v) is 12.7. The van der Waals surface area contributed by atoms with Gasteiger partial charge >= 0.3 is 0 Å². The van der Waals surface area contributed by atoms with Gasteiger partial charge in [0.25, 0.3) is 0 Å². The topological polar surface area (TPSA) is 18.5 Å². The predicted octanol–water partition coefficient (Wildman–Crippen LogP) is 1.79. The molecule has 2 rings (SSSR count). The van der Waals surface area contributed by atoms with Crippen molar-refractivity contribution >= 4 is 0 Å². The van der Waals surface area contributed by atoms with Crippen molar-refractivity contribution in [3.8, 4) is 0 Å². The summed E-state index contributed by atoms with van der Waals surface area (Å²) in [6, 6.07) is 2.37. The van der Waals surface area contributed by atoms with Crippen LogP contribution in [0.2, 0.25) is 0 Å². The van der Waals surface area contributed by atoms with Gasteiger partial charge < -0.3 is 5.32 Å². The molecule has 1 N–H and O–H groups in total. The molecule has 0 aromatic rings. The maximum atomic E-state index is 3.55. The summed E-state index contributed by atoms with van der Waals surface area (Å²) in [6.45, 7) is 11.7. The van der Waals surface area contributed by atoms with Crippen LogP contribution in [0.3, 0.4) is 0 Å². The lowest BCUT2D eigenvalue weighted by Gasteiger charge is -2.36. The van der Waals surface area contributed by atoms with E-state index >= 15 is 0 Å². The molecule has 2 bridgehead atoms. The van der Waals surface area contributed by atoms with E-state index in [1.165, 1.54) is 32.4 Å². The number of nitrogens with one attached hydrogen (secondary N) is 1. The van der Waals surface area contributed by atoms with Gasteiger partial charge in [-0.25, -0.2) is 0 Å². The lowest BCUT2D eigenvalue weighted by atomic mass is 9.99. The molecule has 3 nitrogen and oxygen atoms in total. The lowest BCUT2D eigenvalue weighted by Crippen LogP contribution is -2.49. The highest BCUT2D eigenvalue weighted by Gasteiger charge is 2.36. The van der Waals surface area contributed by atoms with Gasteiger partial charge in [0.05, 0.1) is 0 Å². The Morgan fingerprint density at radius 1 is 1.17 bits per heavy atom. The van der Waals surface area contributed by atoms with E-state index in [1.54, 1.807) is 0 Å². The van der Waals surface area contributed by atoms with Crippen molar-refractivity contribution in [3.05, 3.63) is 0 Å². The molecule has 0 aliphatic carbocycles. The van der Waals surface area contributed by atoms with Gasteiger partial charge in [-0.2, -0.15) is 0 Å². The van der Waals surface area contributed by atoms with E-state index in [0.717, 1.165) is 31.1 Å². The molecular weight excluding hydrogens is 222 g/mol. The first kappa shape index (κ1) is 14.3. The van der Waals surface area contributed by atoms with Crippen LogP contribution < -0.4 is 5.32 Å². The SMILES string of the molecule is CCNCC(C(C)C)N1CCC2CCC(C1)N2C. The van der Waals surface area contributed by atoms with Gasteiger partial charge in [0.2, 0.25) is 0 Å². The average molecular weight is 253 g/mol. The molecule has 3 unspecified atom stereocenters. The quantitative estimate of drug-likeness (QED) is 0.806. The molecule has 0 radical (unpaired) electrons. The molecular formula is C15H31N3. The third-order valence-electron chi connectivity index (χ3n) is 5.02. The largest absolute Gasteiger partial charge is 0.315 e. The maximum absolute atomic E-state index is 3.55. The average Bonchev–Trinajstić information content (AvgIpc) is 2.56. The van der Waals surface area contributed by atoms with Crippen molar-refractivity contribution < 1.29 is 0 Å². The Balaban J connectivity index is 1.98. The molecule has 2 aliphatic heterocycles. The molecule has 18 heavy (non-hydrogen) atoms. The van der Waals surface area contributed by atoms with Crippen LogP contribution in [0.25, 0.3) is 0 Å². The molecule has 2 saturated heterocycles. The maximum Gasteiger partial charge on any atom is 0.0244 e. The summed E-state index contributed by atoms with van der Waals surface area (Å²) in [5.74, 6) is 0.742. The van der Waals surface area contributed by atoms with Crippen LogP contribution >= 0.6 is 0 Å². The molecule has 0 aromatic heterocycles. The summed E-state index contributed by atoms with van der Waals surface area (Å²) in [5.41, 5.74) is 0. The standard InChI is InChI=1S/C15H31N3/c1-5-16-10-15(12(2)3)18-9-8-13-6-7-14(11-18)17(13)4/h12-16H,5-11H2,1-4H3. The summed E-state index contributed by atoms with van der Waals surface area (Å²) in [5, 5.41) is 3.55. The molecule has 2 aliphatic rings. The summed E-state index contributed by atoms with van der Waals surface area (Å²) >= 11 is 0. The van der Waals surface area contributed by atoms with Crippen LogP contribution in [0.4, 0.5) is 0 Å². The highest BCUT2D eigenvalue weighted by Crippen LogP contribution is 2.30. The summed E-state index contributed by atoms with van der Waals surface area (Å²) in [4.78, 5) is 5.40. The van der Waals surface area contributed by atoms with E-state index in [9.17, 15) is 0 Å². The van der Waals surface area contributed by atoms with Crippen LogP contribution in [0.15, 0.2) is 0 Å². The highest BCUT2D eigenvalue weighted by molar-refractivity contribution is 4.93. The Hall–Kier alpha value is -0.120. The number of nitrogens with zero attached hydrogens (tertiary/aromatic N) is 2. The highest BCUT2D eigenvalue weighted by atomic mass is 15.3. The lowest BCUT2D eigenvalue weighted by molar-refractivity contribution is 0.136. The van der Waals surface area contributed by atoms with E-state index in [4.69, 9.17) is 0 Å². The molecule has 3 atom stereocenters. The first-order valence-electron chi connectivity index (χ1n) is 7.80. The fourth-order valence-corrected chi connectivity index (χ4v) is 3.71. The van der Waals surface area contributed by atoms with Crippen molar-refractivity contribution in [3.63, 3.8) is 0 Å². The van der Waals surface area contributed by atoms with Crippen LogP contribution in [-0.2, 0) is 0 Å². The normalized spacial score (nSPS) is 31.8. The Kier molecular flexibility index (Phi) is 5.05. The second-order valence-corrected chi connectivity index (χ2v) is 6.45. The summed E-state index contributed by atoms with van der Waals surface area (Å²) < 4.78 is 0. The van der Waals surface area contributed by atoms with Crippen molar-refractivity contribution in [1.29, 1.82) is 0 Å². The fourth-order valence-electron chi connectivity index (χ4n) is 3.71. The van der Waals surface area contributed by atoms with Crippen molar-refractivity contribution in [2.75, 3.05) is 33.2 Å². The molecule has 2 heterocycles. The monoisotopic (exact) mass is 253 g/mol. The third-order valence-corrected chi connectivity index (χ3v) is 5.02. The van der Waals surface area contributed by atoms with E-state index in [2.05, 4.69) is 42.9 Å². The van der Waals surface area contributed by atoms with Crippen LogP contribution in [0, 0.1) is 5.92 Å². The van der Waals surface area contributed by atoms with Crippen molar-refractivity contribution in [2.24, 2.45) is 5.92 Å². The van der Waals surface area contributed by atoms with Crippen LogP contribution in [-0.4, -0.2) is 61.2 Å². The molecule has 0 spiro atoms. The summed E-state index contributed by atoms with van der Waals surface area (Å²) in [7, 11) is 2.33. The summed E-state index contributed by atoms with van der Waals surface area (Å²) in [6.07, 6.45) is 4.20. The second kappa shape index (κ2) is 6.36. The first-order chi connectivity index (χ1) is 8.63. The minimum absolute atomic E-state index is 0.706. The molecule has 2 fully saturated rings. The zero-order valence-electron chi connectivity index (χ0n) is 12.7. The number of fused-ring (bicyclic) bond motifs is 2. The van der Waals surface area contributed by atoms with Crippen LogP contribution in [0.5, 0.6) is 0 Å². The smallest absolute Gasteiger partial charge is 0.0244 e. The van der Waals surface area contributed by atoms with Gasteiger partial charge in [-0.15, -0.1) is 0 Å². The molecule has 106 valence electrons. The molecule has 3 heteroatoms. The number of rotatable bonds is 5. The number of hydrogen-bond donors (Lipinski definition) is 1. The van der Waals surface area contributed by atoms with Gasteiger partial charge in [0.15, 0.2) is 0 Å². The second-order valence-electron chi connectivity index (χ2n) is 6.45. The Labute approximate surface area is 113 Å². The Morgan fingerprint density at radius 2 is 1.89 bits per heavy atom. The van der Waals surface area contributed by atoms with Gasteiger partial charge in [0.1, 0.15) is 0 Å². The minimum Gasteiger partial charge on any atom is -0.315 e. The molecule has 0 amide bonds. The van der Waals surface area contributed by atoms with Crippen molar-refractivity contribution in [2.45, 2.75) is 58.2 Å². The van der Waals surface area contributed by atoms with E-state index < -0.39 is 0 Å². The number of likely N-dealkylation sites (tertiary alicyclic amines) is 1. The van der Waals surface area contributed by atoms with Gasteiger partial charge in [-0.1, -0.05) is 20.8 Å². The zero-order chi connectivity index (χ0) is 13.1. The fraction of sp³-hybridized carbons (Fsp3) is 1.00. The van der Waals surface area contributed by atoms with E-state index in [1.807, 2.05) is 0 Å². The first-order valence-corrected chi connectivity index (χ1v) is 7.80. The van der Waals surface area contributed by atoms with E-state index in [0.29, 0.717) is 6.04 Å². The van der Waals surface area contributed by atoms with Crippen molar-refractivity contribution in [1.82, 2.24) is 15.1 Å². The molecule has 0 saturated carbocycles. The minimum atomic E-state index is 0.706. The van der Waals surface area contributed by atoms with Gasteiger partial charge in [-0.3, -0.25) is 9.80 Å². The third kappa shape index (κ3) is 3.06. The Bertz CT molecular complexity index is 254. The van der Waals surface area contributed by atoms with Gasteiger partial charge in [0, 0.05) is 37.8 Å². The van der Waals surface area contributed by atoms with E-state index in [-0.39, 0.29) is 0 Å². The van der Waals surface area contributed by atoms with Crippen LogP contribution in [0.1, 0.15) is 40.0 Å². The number of hydrogen-bond acceptors (Lipinski definition) is 3. The predicted molar refractivity (Wildman–Crippen MR) is 77.9 cm³/mol. The Morgan fingerprint density at radius 3 is 2.56 bits per heavy atom.